The van der Waals surface area contributed by atoms with Gasteiger partial charge in [-0.3, -0.25) is 14.6 Å². The summed E-state index contributed by atoms with van der Waals surface area (Å²) in [4.78, 5) is 44.8. The number of hydrogen-bond donors (Lipinski definition) is 0. The second-order valence-electron chi connectivity index (χ2n) is 7.60. The van der Waals surface area contributed by atoms with Gasteiger partial charge in [-0.1, -0.05) is 29.8 Å². The molecule has 7 nitrogen and oxygen atoms in total. The third-order valence-corrected chi connectivity index (χ3v) is 5.89. The molecule has 8 heteroatoms. The second kappa shape index (κ2) is 10.4. The number of esters is 1. The summed E-state index contributed by atoms with van der Waals surface area (Å²) >= 11 is 6.26. The van der Waals surface area contributed by atoms with Crippen molar-refractivity contribution in [1.29, 1.82) is 0 Å². The standard InChI is InChI=1S/C25H26ClN3O4/c1-5-29-17(3)22(16(2)23(29)25(32)33-4)21(30)15-28(14-18-9-8-12-27-13-18)24(31)19-10-6-7-11-20(19)26/h6-13H,5,14-15H2,1-4H3. The van der Waals surface area contributed by atoms with Crippen LogP contribution < -0.4 is 0 Å². The predicted molar refractivity (Wildman–Crippen MR) is 126 cm³/mol. The summed E-state index contributed by atoms with van der Waals surface area (Å²) in [5.41, 5.74) is 3.05. The molecule has 1 amide bonds. The fraction of sp³-hybridized carbons (Fsp3) is 0.280. The minimum Gasteiger partial charge on any atom is -0.464 e. The van der Waals surface area contributed by atoms with Crippen LogP contribution in [-0.2, 0) is 17.8 Å². The third-order valence-electron chi connectivity index (χ3n) is 5.56. The van der Waals surface area contributed by atoms with Gasteiger partial charge >= 0.3 is 5.97 Å². The maximum atomic E-state index is 13.5. The van der Waals surface area contributed by atoms with Gasteiger partial charge in [-0.2, -0.15) is 0 Å². The number of halogens is 1. The van der Waals surface area contributed by atoms with E-state index in [1.165, 1.54) is 12.0 Å². The molecule has 0 fully saturated rings. The zero-order valence-electron chi connectivity index (χ0n) is 19.1. The van der Waals surface area contributed by atoms with E-state index < -0.39 is 5.97 Å². The van der Waals surface area contributed by atoms with Crippen molar-refractivity contribution >= 4 is 29.3 Å². The Labute approximate surface area is 197 Å². The van der Waals surface area contributed by atoms with E-state index in [0.29, 0.717) is 39.6 Å². The Bertz CT molecular complexity index is 1190. The monoisotopic (exact) mass is 467 g/mol. The lowest BCUT2D eigenvalue weighted by atomic mass is 10.0. The number of rotatable bonds is 8. The number of Topliss-reactive ketones (excluding diaryl/α,β-unsaturated/α-hetero) is 1. The fourth-order valence-electron chi connectivity index (χ4n) is 4.03. The Balaban J connectivity index is 2.00. The van der Waals surface area contributed by atoms with E-state index in [2.05, 4.69) is 4.98 Å². The molecule has 2 heterocycles. The molecule has 0 aliphatic heterocycles. The number of benzene rings is 1. The maximum Gasteiger partial charge on any atom is 0.354 e. The normalized spacial score (nSPS) is 10.7. The highest BCUT2D eigenvalue weighted by Gasteiger charge is 2.29. The van der Waals surface area contributed by atoms with Crippen LogP contribution in [0, 0.1) is 13.8 Å². The topological polar surface area (TPSA) is 81.5 Å². The molecule has 0 aliphatic carbocycles. The highest BCUT2D eigenvalue weighted by atomic mass is 35.5. The van der Waals surface area contributed by atoms with Crippen LogP contribution in [0.25, 0.3) is 0 Å². The van der Waals surface area contributed by atoms with Crippen LogP contribution >= 0.6 is 11.6 Å². The molecule has 3 aromatic rings. The van der Waals surface area contributed by atoms with Crippen LogP contribution in [0.2, 0.25) is 5.02 Å². The Kier molecular flexibility index (Phi) is 7.66. The van der Waals surface area contributed by atoms with Gasteiger partial charge in [0.25, 0.3) is 5.91 Å². The number of nitrogens with zero attached hydrogens (tertiary/aromatic N) is 3. The highest BCUT2D eigenvalue weighted by molar-refractivity contribution is 6.33. The quantitative estimate of drug-likeness (QED) is 0.360. The zero-order valence-corrected chi connectivity index (χ0v) is 19.8. The van der Waals surface area contributed by atoms with Crippen LogP contribution in [0.5, 0.6) is 0 Å². The predicted octanol–water partition coefficient (Wildman–Crippen LogP) is 4.49. The van der Waals surface area contributed by atoms with Crippen molar-refractivity contribution in [3.63, 3.8) is 0 Å². The first kappa shape index (κ1) is 24.2. The average molecular weight is 468 g/mol. The molecule has 0 bridgehead atoms. The average Bonchev–Trinajstić information content (AvgIpc) is 3.07. The lowest BCUT2D eigenvalue weighted by Gasteiger charge is -2.23. The second-order valence-corrected chi connectivity index (χ2v) is 8.00. The van der Waals surface area contributed by atoms with E-state index in [-0.39, 0.29) is 24.8 Å². The SMILES string of the molecule is CCn1c(C)c(C(=O)CN(Cc2cccnc2)C(=O)c2ccccc2Cl)c(C)c1C(=O)OC. The molecule has 0 aliphatic rings. The first-order chi connectivity index (χ1) is 15.8. The fourth-order valence-corrected chi connectivity index (χ4v) is 4.25. The van der Waals surface area contributed by atoms with Crippen LogP contribution in [-0.4, -0.2) is 45.8 Å². The van der Waals surface area contributed by atoms with E-state index in [0.717, 1.165) is 5.56 Å². The van der Waals surface area contributed by atoms with Gasteiger partial charge in [-0.05, 0) is 50.1 Å². The van der Waals surface area contributed by atoms with Crippen molar-refractivity contribution < 1.29 is 19.1 Å². The number of methoxy groups -OCH3 is 1. The smallest absolute Gasteiger partial charge is 0.354 e. The van der Waals surface area contributed by atoms with Gasteiger partial charge in [-0.25, -0.2) is 4.79 Å². The molecule has 0 spiro atoms. The minimum absolute atomic E-state index is 0.181. The van der Waals surface area contributed by atoms with Crippen LogP contribution in [0.3, 0.4) is 0 Å². The van der Waals surface area contributed by atoms with Crippen LogP contribution in [0.15, 0.2) is 48.8 Å². The molecule has 1 aromatic carbocycles. The van der Waals surface area contributed by atoms with E-state index in [1.807, 2.05) is 13.0 Å². The van der Waals surface area contributed by atoms with Gasteiger partial charge in [0.15, 0.2) is 5.78 Å². The molecular formula is C25H26ClN3O4. The number of carbonyl (C=O) groups is 3. The maximum absolute atomic E-state index is 13.5. The third kappa shape index (κ3) is 4.98. The molecule has 0 N–H and O–H groups in total. The van der Waals surface area contributed by atoms with Crippen LogP contribution in [0.4, 0.5) is 0 Å². The van der Waals surface area contributed by atoms with Crippen molar-refractivity contribution in [1.82, 2.24) is 14.5 Å². The number of hydrogen-bond acceptors (Lipinski definition) is 5. The van der Waals surface area contributed by atoms with Gasteiger partial charge < -0.3 is 14.2 Å². The summed E-state index contributed by atoms with van der Waals surface area (Å²) in [5, 5.41) is 0.309. The molecule has 33 heavy (non-hydrogen) atoms. The molecule has 172 valence electrons. The van der Waals surface area contributed by atoms with Crippen LogP contribution in [0.1, 0.15) is 54.9 Å². The van der Waals surface area contributed by atoms with Crippen molar-refractivity contribution in [3.8, 4) is 0 Å². The van der Waals surface area contributed by atoms with E-state index in [1.54, 1.807) is 61.1 Å². The number of carbonyl (C=O) groups excluding carboxylic acids is 3. The van der Waals surface area contributed by atoms with E-state index in [4.69, 9.17) is 16.3 Å². The molecule has 0 saturated heterocycles. The summed E-state index contributed by atoms with van der Waals surface area (Å²) in [6.07, 6.45) is 3.29. The van der Waals surface area contributed by atoms with Crippen molar-refractivity contribution in [2.24, 2.45) is 0 Å². The highest BCUT2D eigenvalue weighted by Crippen LogP contribution is 2.25. The number of aromatic nitrogens is 2. The molecule has 2 aromatic heterocycles. The Hall–Kier alpha value is -3.45. The minimum atomic E-state index is -0.504. The summed E-state index contributed by atoms with van der Waals surface area (Å²) in [6, 6.07) is 10.3. The summed E-state index contributed by atoms with van der Waals surface area (Å²) in [5.74, 6) is -1.14. The van der Waals surface area contributed by atoms with E-state index >= 15 is 0 Å². The van der Waals surface area contributed by atoms with Crippen molar-refractivity contribution in [2.45, 2.75) is 33.9 Å². The zero-order chi connectivity index (χ0) is 24.1. The molecule has 0 unspecified atom stereocenters. The van der Waals surface area contributed by atoms with Gasteiger partial charge in [0.2, 0.25) is 0 Å². The Morgan fingerprint density at radius 3 is 2.45 bits per heavy atom. The molecule has 0 saturated carbocycles. The Morgan fingerprint density at radius 2 is 1.85 bits per heavy atom. The lowest BCUT2D eigenvalue weighted by Crippen LogP contribution is -2.35. The number of ether oxygens (including phenoxy) is 1. The first-order valence-corrected chi connectivity index (χ1v) is 10.9. The lowest BCUT2D eigenvalue weighted by molar-refractivity contribution is 0.0587. The van der Waals surface area contributed by atoms with Gasteiger partial charge in [0.05, 0.1) is 24.2 Å². The number of pyridine rings is 1. The molecular weight excluding hydrogens is 442 g/mol. The molecule has 3 rings (SSSR count). The largest absolute Gasteiger partial charge is 0.464 e. The van der Waals surface area contributed by atoms with E-state index in [9.17, 15) is 14.4 Å². The van der Waals surface area contributed by atoms with Gasteiger partial charge in [0.1, 0.15) is 5.69 Å². The molecule has 0 radical (unpaired) electrons. The number of amides is 1. The summed E-state index contributed by atoms with van der Waals surface area (Å²) in [6.45, 7) is 5.90. The summed E-state index contributed by atoms with van der Waals surface area (Å²) in [7, 11) is 1.31. The van der Waals surface area contributed by atoms with Crippen molar-refractivity contribution in [3.05, 3.63) is 87.5 Å². The van der Waals surface area contributed by atoms with Gasteiger partial charge in [0, 0.05) is 36.7 Å². The van der Waals surface area contributed by atoms with Crippen molar-refractivity contribution in [2.75, 3.05) is 13.7 Å². The Morgan fingerprint density at radius 1 is 1.12 bits per heavy atom. The summed E-state index contributed by atoms with van der Waals surface area (Å²) < 4.78 is 6.68. The molecule has 0 atom stereocenters. The van der Waals surface area contributed by atoms with Gasteiger partial charge in [-0.15, -0.1) is 0 Å². The number of ketones is 1. The first-order valence-electron chi connectivity index (χ1n) is 10.5.